The first-order valence-electron chi connectivity index (χ1n) is 9.27. The van der Waals surface area contributed by atoms with Crippen LogP contribution >= 0.6 is 0 Å². The number of fused-ring (bicyclic) bond motifs is 1. The van der Waals surface area contributed by atoms with Crippen LogP contribution in [0.25, 0.3) is 10.8 Å². The predicted molar refractivity (Wildman–Crippen MR) is 110 cm³/mol. The largest absolute Gasteiger partial charge is 0.451 e. The quantitative estimate of drug-likeness (QED) is 0.673. The third-order valence-electron chi connectivity index (χ3n) is 4.89. The zero-order valence-electron chi connectivity index (χ0n) is 16.9. The number of esters is 1. The lowest BCUT2D eigenvalue weighted by Gasteiger charge is -2.16. The van der Waals surface area contributed by atoms with Crippen molar-refractivity contribution < 1.29 is 14.3 Å². The third-order valence-corrected chi connectivity index (χ3v) is 4.89. The molecular weight excluding hydrogens is 370 g/mol. The van der Waals surface area contributed by atoms with Gasteiger partial charge in [0.25, 0.3) is 11.5 Å². The summed E-state index contributed by atoms with van der Waals surface area (Å²) in [6.45, 7) is 5.47. The summed E-state index contributed by atoms with van der Waals surface area (Å²) in [4.78, 5) is 36.9. The Morgan fingerprint density at radius 1 is 1.10 bits per heavy atom. The van der Waals surface area contributed by atoms with Crippen molar-refractivity contribution in [3.05, 3.63) is 75.2 Å². The van der Waals surface area contributed by atoms with E-state index in [0.717, 1.165) is 15.8 Å². The second-order valence-electron chi connectivity index (χ2n) is 7.03. The molecule has 0 spiro atoms. The first-order chi connectivity index (χ1) is 13.8. The average molecular weight is 393 g/mol. The monoisotopic (exact) mass is 393 g/mol. The minimum atomic E-state index is -0.759. The van der Waals surface area contributed by atoms with E-state index in [-0.39, 0.29) is 17.3 Å². The van der Waals surface area contributed by atoms with Crippen molar-refractivity contribution in [1.29, 1.82) is 0 Å². The first kappa shape index (κ1) is 20.3. The molecule has 3 rings (SSSR count). The number of ether oxygens (including phenoxy) is 1. The molecule has 29 heavy (non-hydrogen) atoms. The number of aryl methyl sites for hydroxylation is 3. The fourth-order valence-electron chi connectivity index (χ4n) is 3.05. The summed E-state index contributed by atoms with van der Waals surface area (Å²) in [5.74, 6) is -1.18. The minimum absolute atomic E-state index is 0.00212. The number of rotatable bonds is 5. The van der Waals surface area contributed by atoms with Gasteiger partial charge in [-0.05, 0) is 43.5 Å². The van der Waals surface area contributed by atoms with E-state index in [1.165, 1.54) is 12.6 Å². The Balaban J connectivity index is 1.68. The number of carbonyl (C=O) groups excluding carboxylic acids is 2. The fraction of sp³-hybridized carbons (Fsp3) is 0.273. The van der Waals surface area contributed by atoms with Gasteiger partial charge in [-0.25, -0.2) is 9.48 Å². The normalized spacial score (nSPS) is 11.9. The first-order valence-corrected chi connectivity index (χ1v) is 9.27. The highest BCUT2D eigenvalue weighted by molar-refractivity contribution is 6.02. The molecule has 7 nitrogen and oxygen atoms in total. The van der Waals surface area contributed by atoms with E-state index in [2.05, 4.69) is 10.4 Å². The van der Waals surface area contributed by atoms with Gasteiger partial charge in [0.1, 0.15) is 0 Å². The SMILES string of the molecule is Cc1ccc([C@@H](C)NC(=O)COC(=O)c2nn(C)c(=O)c3ccccc23)cc1C. The van der Waals surface area contributed by atoms with Crippen molar-refractivity contribution in [2.75, 3.05) is 6.61 Å². The summed E-state index contributed by atoms with van der Waals surface area (Å²) in [7, 11) is 1.46. The summed E-state index contributed by atoms with van der Waals surface area (Å²) in [6.07, 6.45) is 0. The Bertz CT molecular complexity index is 1150. The molecule has 1 aromatic heterocycles. The highest BCUT2D eigenvalue weighted by atomic mass is 16.5. The molecule has 0 saturated heterocycles. The van der Waals surface area contributed by atoms with Crippen molar-refractivity contribution >= 4 is 22.6 Å². The average Bonchev–Trinajstić information content (AvgIpc) is 2.70. The van der Waals surface area contributed by atoms with E-state index in [1.54, 1.807) is 24.3 Å². The van der Waals surface area contributed by atoms with Gasteiger partial charge in [0.2, 0.25) is 0 Å². The van der Waals surface area contributed by atoms with E-state index >= 15 is 0 Å². The number of benzene rings is 2. The van der Waals surface area contributed by atoms with Crippen LogP contribution in [0.4, 0.5) is 0 Å². The van der Waals surface area contributed by atoms with Crippen LogP contribution in [0.1, 0.15) is 40.1 Å². The number of hydrogen-bond donors (Lipinski definition) is 1. The van der Waals surface area contributed by atoms with E-state index in [4.69, 9.17) is 4.74 Å². The van der Waals surface area contributed by atoms with Gasteiger partial charge in [0.15, 0.2) is 12.3 Å². The number of nitrogens with one attached hydrogen (secondary N) is 1. The van der Waals surface area contributed by atoms with Crippen LogP contribution in [-0.2, 0) is 16.6 Å². The van der Waals surface area contributed by atoms with E-state index in [1.807, 2.05) is 39.0 Å². The summed E-state index contributed by atoms with van der Waals surface area (Å²) >= 11 is 0. The lowest BCUT2D eigenvalue weighted by Crippen LogP contribution is -2.31. The Morgan fingerprint density at radius 2 is 1.79 bits per heavy atom. The molecule has 0 fully saturated rings. The molecule has 3 aromatic rings. The molecule has 2 aromatic carbocycles. The van der Waals surface area contributed by atoms with Gasteiger partial charge in [-0.15, -0.1) is 0 Å². The molecular formula is C22H23N3O4. The molecule has 0 radical (unpaired) electrons. The van der Waals surface area contributed by atoms with Crippen LogP contribution in [0.15, 0.2) is 47.3 Å². The summed E-state index contributed by atoms with van der Waals surface area (Å²) < 4.78 is 6.23. The molecule has 0 saturated carbocycles. The summed E-state index contributed by atoms with van der Waals surface area (Å²) in [5.41, 5.74) is 2.98. The van der Waals surface area contributed by atoms with Gasteiger partial charge >= 0.3 is 5.97 Å². The molecule has 1 amide bonds. The second-order valence-corrected chi connectivity index (χ2v) is 7.03. The Kier molecular flexibility index (Phi) is 5.77. The van der Waals surface area contributed by atoms with Crippen LogP contribution in [-0.4, -0.2) is 28.3 Å². The summed E-state index contributed by atoms with van der Waals surface area (Å²) in [6, 6.07) is 12.4. The Morgan fingerprint density at radius 3 is 2.48 bits per heavy atom. The lowest BCUT2D eigenvalue weighted by molar-refractivity contribution is -0.124. The molecule has 0 aliphatic heterocycles. The van der Waals surface area contributed by atoms with Gasteiger partial charge in [-0.3, -0.25) is 9.59 Å². The smallest absolute Gasteiger partial charge is 0.359 e. The number of hydrogen-bond acceptors (Lipinski definition) is 5. The van der Waals surface area contributed by atoms with Crippen molar-refractivity contribution in [2.45, 2.75) is 26.8 Å². The van der Waals surface area contributed by atoms with Crippen molar-refractivity contribution in [3.8, 4) is 0 Å². The van der Waals surface area contributed by atoms with E-state index in [9.17, 15) is 14.4 Å². The molecule has 150 valence electrons. The van der Waals surface area contributed by atoms with Crippen molar-refractivity contribution in [3.63, 3.8) is 0 Å². The van der Waals surface area contributed by atoms with Gasteiger partial charge in [0.05, 0.1) is 11.4 Å². The molecule has 1 N–H and O–H groups in total. The standard InChI is InChI=1S/C22H23N3O4/c1-13-9-10-16(11-14(13)2)15(3)23-19(26)12-29-22(28)20-17-7-5-6-8-18(17)21(27)25(4)24-20/h5-11,15H,12H2,1-4H3,(H,23,26)/t15-/m1/s1. The highest BCUT2D eigenvalue weighted by Crippen LogP contribution is 2.17. The predicted octanol–water partition coefficient (Wildman–Crippen LogP) is 2.58. The van der Waals surface area contributed by atoms with Crippen LogP contribution in [0, 0.1) is 13.8 Å². The number of amides is 1. The van der Waals surface area contributed by atoms with Crippen molar-refractivity contribution in [1.82, 2.24) is 15.1 Å². The van der Waals surface area contributed by atoms with Gasteiger partial charge < -0.3 is 10.1 Å². The highest BCUT2D eigenvalue weighted by Gasteiger charge is 2.19. The minimum Gasteiger partial charge on any atom is -0.451 e. The van der Waals surface area contributed by atoms with E-state index in [0.29, 0.717) is 10.8 Å². The Hall–Kier alpha value is -3.48. The zero-order chi connectivity index (χ0) is 21.1. The molecule has 1 heterocycles. The topological polar surface area (TPSA) is 90.3 Å². The lowest BCUT2D eigenvalue weighted by atomic mass is 10.0. The summed E-state index contributed by atoms with van der Waals surface area (Å²) in [5, 5.41) is 7.58. The second kappa shape index (κ2) is 8.26. The number of carbonyl (C=O) groups is 2. The number of aromatic nitrogens is 2. The molecule has 0 bridgehead atoms. The van der Waals surface area contributed by atoms with E-state index < -0.39 is 18.5 Å². The molecule has 7 heteroatoms. The molecule has 0 aliphatic rings. The van der Waals surface area contributed by atoms with Crippen molar-refractivity contribution in [2.24, 2.45) is 7.05 Å². The maximum absolute atomic E-state index is 12.5. The van der Waals surface area contributed by atoms with Crippen LogP contribution in [0.2, 0.25) is 0 Å². The van der Waals surface area contributed by atoms with Gasteiger partial charge in [-0.1, -0.05) is 36.4 Å². The fourth-order valence-corrected chi connectivity index (χ4v) is 3.05. The van der Waals surface area contributed by atoms with Crippen LogP contribution in [0.3, 0.4) is 0 Å². The number of nitrogens with zero attached hydrogens (tertiary/aromatic N) is 2. The molecule has 0 aliphatic carbocycles. The Labute approximate surface area is 168 Å². The van der Waals surface area contributed by atoms with Gasteiger partial charge in [-0.2, -0.15) is 5.10 Å². The molecule has 1 atom stereocenters. The van der Waals surface area contributed by atoms with Crippen LogP contribution < -0.4 is 10.9 Å². The zero-order valence-corrected chi connectivity index (χ0v) is 16.9. The van der Waals surface area contributed by atoms with Crippen LogP contribution in [0.5, 0.6) is 0 Å². The maximum Gasteiger partial charge on any atom is 0.359 e. The maximum atomic E-state index is 12.5. The molecule has 0 unspecified atom stereocenters. The van der Waals surface area contributed by atoms with Gasteiger partial charge in [0, 0.05) is 12.4 Å². The third kappa shape index (κ3) is 4.34.